The van der Waals surface area contributed by atoms with Crippen molar-refractivity contribution >= 4 is 17.1 Å². The lowest BCUT2D eigenvalue weighted by Gasteiger charge is -2.32. The van der Waals surface area contributed by atoms with E-state index in [0.717, 1.165) is 4.90 Å². The lowest BCUT2D eigenvalue weighted by molar-refractivity contribution is -0.145. The van der Waals surface area contributed by atoms with Crippen molar-refractivity contribution in [3.05, 3.63) is 24.2 Å². The molecule has 1 amide bonds. The Hall–Kier alpha value is -2.12. The van der Waals surface area contributed by atoms with Crippen LogP contribution in [-0.4, -0.2) is 44.1 Å². The quantitative estimate of drug-likeness (QED) is 0.867. The molecule has 0 bridgehead atoms. The molecule has 0 N–H and O–H groups in total. The van der Waals surface area contributed by atoms with Crippen LogP contribution < -0.4 is 0 Å². The number of amides is 1. The molecule has 0 saturated carbocycles. The number of pyridine rings is 1. The standard InChI is InChI=1S/C15H19F3N4O/c1-9(2)10(3)22(7-15(16,17)18)14(23)11-5-12-13(19-6-11)21(4)8-20-12/h5-6,8-10H,7H2,1-4H3/t10-/m0/s1. The van der Waals surface area contributed by atoms with Crippen LogP contribution in [0.5, 0.6) is 0 Å². The maximum Gasteiger partial charge on any atom is 0.406 e. The van der Waals surface area contributed by atoms with E-state index in [1.54, 1.807) is 32.4 Å². The van der Waals surface area contributed by atoms with Gasteiger partial charge < -0.3 is 9.47 Å². The second-order valence-corrected chi connectivity index (χ2v) is 5.96. The fourth-order valence-electron chi connectivity index (χ4n) is 2.25. The van der Waals surface area contributed by atoms with Crippen LogP contribution in [0.3, 0.4) is 0 Å². The first-order chi connectivity index (χ1) is 10.6. The van der Waals surface area contributed by atoms with Crippen molar-refractivity contribution in [2.45, 2.75) is 33.0 Å². The molecular formula is C15H19F3N4O. The minimum absolute atomic E-state index is 0.104. The molecule has 0 fully saturated rings. The van der Waals surface area contributed by atoms with Crippen molar-refractivity contribution in [2.24, 2.45) is 13.0 Å². The maximum absolute atomic E-state index is 12.8. The molecule has 2 heterocycles. The van der Waals surface area contributed by atoms with E-state index in [-0.39, 0.29) is 11.5 Å². The topological polar surface area (TPSA) is 51.0 Å². The Balaban J connectivity index is 2.37. The molecule has 0 aliphatic heterocycles. The molecule has 126 valence electrons. The van der Waals surface area contributed by atoms with Crippen LogP contribution in [0.1, 0.15) is 31.1 Å². The molecule has 0 aliphatic carbocycles. The average Bonchev–Trinajstić information content (AvgIpc) is 2.83. The molecule has 8 heteroatoms. The van der Waals surface area contributed by atoms with Crippen molar-refractivity contribution in [1.82, 2.24) is 19.4 Å². The van der Waals surface area contributed by atoms with E-state index < -0.39 is 24.7 Å². The zero-order valence-electron chi connectivity index (χ0n) is 13.4. The normalized spacial score (nSPS) is 13.6. The Morgan fingerprint density at radius 2 is 1.96 bits per heavy atom. The molecule has 2 aromatic rings. The van der Waals surface area contributed by atoms with Crippen LogP contribution in [0, 0.1) is 5.92 Å². The highest BCUT2D eigenvalue weighted by Crippen LogP contribution is 2.23. The molecule has 0 spiro atoms. The monoisotopic (exact) mass is 328 g/mol. The van der Waals surface area contributed by atoms with Crippen molar-refractivity contribution in [1.29, 1.82) is 0 Å². The van der Waals surface area contributed by atoms with E-state index in [1.165, 1.54) is 18.6 Å². The number of hydrogen-bond acceptors (Lipinski definition) is 3. The first-order valence-corrected chi connectivity index (χ1v) is 7.25. The number of rotatable bonds is 4. The zero-order valence-corrected chi connectivity index (χ0v) is 13.4. The van der Waals surface area contributed by atoms with Crippen molar-refractivity contribution in [3.63, 3.8) is 0 Å². The Labute approximate surface area is 132 Å². The predicted octanol–water partition coefficient (Wildman–Crippen LogP) is 3.02. The Bertz CT molecular complexity index is 708. The van der Waals surface area contributed by atoms with E-state index in [9.17, 15) is 18.0 Å². The fourth-order valence-corrected chi connectivity index (χ4v) is 2.25. The van der Waals surface area contributed by atoms with Crippen LogP contribution in [0.25, 0.3) is 11.2 Å². The van der Waals surface area contributed by atoms with Gasteiger partial charge >= 0.3 is 6.18 Å². The summed E-state index contributed by atoms with van der Waals surface area (Å²) in [6, 6.07) is 0.921. The summed E-state index contributed by atoms with van der Waals surface area (Å²) in [5.41, 5.74) is 1.15. The third-order valence-corrected chi connectivity index (χ3v) is 3.87. The van der Waals surface area contributed by atoms with Crippen LogP contribution >= 0.6 is 0 Å². The van der Waals surface area contributed by atoms with Crippen LogP contribution in [0.15, 0.2) is 18.6 Å². The van der Waals surface area contributed by atoms with Gasteiger partial charge in [0, 0.05) is 19.3 Å². The average molecular weight is 328 g/mol. The van der Waals surface area contributed by atoms with Gasteiger partial charge in [-0.1, -0.05) is 13.8 Å². The summed E-state index contributed by atoms with van der Waals surface area (Å²) in [6.45, 7) is 3.88. The van der Waals surface area contributed by atoms with Crippen molar-refractivity contribution in [3.8, 4) is 0 Å². The van der Waals surface area contributed by atoms with Gasteiger partial charge in [-0.15, -0.1) is 0 Å². The molecule has 0 radical (unpaired) electrons. The van der Waals surface area contributed by atoms with Crippen molar-refractivity contribution < 1.29 is 18.0 Å². The summed E-state index contributed by atoms with van der Waals surface area (Å²) in [4.78, 5) is 21.6. The Morgan fingerprint density at radius 1 is 1.30 bits per heavy atom. The van der Waals surface area contributed by atoms with Gasteiger partial charge in [-0.3, -0.25) is 4.79 Å². The lowest BCUT2D eigenvalue weighted by atomic mass is 10.0. The number of imidazole rings is 1. The number of carbonyl (C=O) groups is 1. The van der Waals surface area contributed by atoms with Crippen molar-refractivity contribution in [2.75, 3.05) is 6.54 Å². The summed E-state index contributed by atoms with van der Waals surface area (Å²) in [7, 11) is 1.75. The number of hydrogen-bond donors (Lipinski definition) is 0. The van der Waals surface area contributed by atoms with E-state index in [2.05, 4.69) is 9.97 Å². The smallest absolute Gasteiger partial charge is 0.327 e. The summed E-state index contributed by atoms with van der Waals surface area (Å²) in [6.07, 6.45) is -1.62. The summed E-state index contributed by atoms with van der Waals surface area (Å²) in [5, 5.41) is 0. The molecule has 2 aromatic heterocycles. The molecule has 2 rings (SSSR count). The summed E-state index contributed by atoms with van der Waals surface area (Å²) in [5.74, 6) is -0.795. The van der Waals surface area contributed by atoms with Gasteiger partial charge in [0.05, 0.1) is 11.9 Å². The SMILES string of the molecule is CC(C)[C@H](C)N(CC(F)(F)F)C(=O)c1cnc2c(c1)ncn2C. The highest BCUT2D eigenvalue weighted by molar-refractivity contribution is 5.96. The maximum atomic E-state index is 12.8. The fraction of sp³-hybridized carbons (Fsp3) is 0.533. The Kier molecular flexibility index (Phi) is 4.63. The first-order valence-electron chi connectivity index (χ1n) is 7.25. The second kappa shape index (κ2) is 6.17. The molecule has 0 unspecified atom stereocenters. The predicted molar refractivity (Wildman–Crippen MR) is 79.9 cm³/mol. The number of aryl methyl sites for hydroxylation is 1. The first kappa shape index (κ1) is 17.2. The van der Waals surface area contributed by atoms with E-state index in [1.807, 2.05) is 0 Å². The number of nitrogens with zero attached hydrogens (tertiary/aromatic N) is 4. The van der Waals surface area contributed by atoms with Gasteiger partial charge in [0.25, 0.3) is 5.91 Å². The Morgan fingerprint density at radius 3 is 2.52 bits per heavy atom. The molecule has 1 atom stereocenters. The number of halogens is 3. The van der Waals surface area contributed by atoms with Gasteiger partial charge in [0.15, 0.2) is 5.65 Å². The highest BCUT2D eigenvalue weighted by atomic mass is 19.4. The van der Waals surface area contributed by atoms with Gasteiger partial charge in [-0.25, -0.2) is 9.97 Å². The minimum Gasteiger partial charge on any atom is -0.327 e. The molecule has 0 aromatic carbocycles. The van der Waals surface area contributed by atoms with E-state index in [4.69, 9.17) is 0 Å². The van der Waals surface area contributed by atoms with Gasteiger partial charge in [0.2, 0.25) is 0 Å². The van der Waals surface area contributed by atoms with Crippen LogP contribution in [0.2, 0.25) is 0 Å². The molecule has 0 saturated heterocycles. The summed E-state index contributed by atoms with van der Waals surface area (Å²) < 4.78 is 40.2. The zero-order chi connectivity index (χ0) is 17.4. The van der Waals surface area contributed by atoms with E-state index in [0.29, 0.717) is 11.2 Å². The van der Waals surface area contributed by atoms with Gasteiger partial charge in [0.1, 0.15) is 12.1 Å². The molecule has 5 nitrogen and oxygen atoms in total. The van der Waals surface area contributed by atoms with Gasteiger partial charge in [-0.2, -0.15) is 13.2 Å². The number of fused-ring (bicyclic) bond motifs is 1. The number of alkyl halides is 3. The third-order valence-electron chi connectivity index (χ3n) is 3.87. The number of carbonyl (C=O) groups excluding carboxylic acids is 1. The number of aromatic nitrogens is 3. The van der Waals surface area contributed by atoms with Gasteiger partial charge in [-0.05, 0) is 18.9 Å². The molecular weight excluding hydrogens is 309 g/mol. The van der Waals surface area contributed by atoms with E-state index >= 15 is 0 Å². The minimum atomic E-state index is -4.46. The second-order valence-electron chi connectivity index (χ2n) is 5.96. The highest BCUT2D eigenvalue weighted by Gasteiger charge is 2.36. The largest absolute Gasteiger partial charge is 0.406 e. The third kappa shape index (κ3) is 3.80. The molecule has 0 aliphatic rings. The van der Waals surface area contributed by atoms with Crippen LogP contribution in [0.4, 0.5) is 13.2 Å². The summed E-state index contributed by atoms with van der Waals surface area (Å²) >= 11 is 0. The van der Waals surface area contributed by atoms with Crippen LogP contribution in [-0.2, 0) is 7.05 Å². The lowest BCUT2D eigenvalue weighted by Crippen LogP contribution is -2.46. The molecule has 23 heavy (non-hydrogen) atoms.